The molecule has 1 aliphatic rings. The van der Waals surface area contributed by atoms with Crippen molar-refractivity contribution in [2.24, 2.45) is 0 Å². The Morgan fingerprint density at radius 2 is 1.74 bits per heavy atom. The summed E-state index contributed by atoms with van der Waals surface area (Å²) in [6, 6.07) is 19.9. The average Bonchev–Trinajstić information content (AvgIpc) is 3.30. The number of imidazole rings is 1. The summed E-state index contributed by atoms with van der Waals surface area (Å²) in [5, 5.41) is 2.82. The van der Waals surface area contributed by atoms with Gasteiger partial charge >= 0.3 is 0 Å². The van der Waals surface area contributed by atoms with Crippen molar-refractivity contribution in [2.75, 3.05) is 31.6 Å². The fraction of sp³-hybridized carbons (Fsp3) is 0.200. The number of fused-ring (bicyclic) bond motifs is 1. The van der Waals surface area contributed by atoms with E-state index >= 15 is 0 Å². The number of para-hydroxylation sites is 2. The second-order valence-electron chi connectivity index (χ2n) is 8.10. The zero-order valence-corrected chi connectivity index (χ0v) is 19.5. The Morgan fingerprint density at radius 1 is 1.00 bits per heavy atom. The van der Waals surface area contributed by atoms with Crippen LogP contribution < -0.4 is 5.32 Å². The van der Waals surface area contributed by atoms with Crippen molar-refractivity contribution in [3.05, 3.63) is 84.2 Å². The highest BCUT2D eigenvalue weighted by Gasteiger charge is 2.28. The predicted molar refractivity (Wildman–Crippen MR) is 130 cm³/mol. The molecule has 0 spiro atoms. The molecule has 174 valence electrons. The van der Waals surface area contributed by atoms with E-state index in [1.165, 1.54) is 10.4 Å². The van der Waals surface area contributed by atoms with Crippen LogP contribution in [0.25, 0.3) is 16.7 Å². The minimum Gasteiger partial charge on any atom is -0.379 e. The van der Waals surface area contributed by atoms with Gasteiger partial charge in [-0.3, -0.25) is 9.36 Å². The number of ether oxygens (including phenoxy) is 1. The summed E-state index contributed by atoms with van der Waals surface area (Å²) >= 11 is 0. The molecule has 1 fully saturated rings. The summed E-state index contributed by atoms with van der Waals surface area (Å²) in [4.78, 5) is 17.5. The first-order chi connectivity index (χ1) is 16.4. The number of rotatable bonds is 5. The molecule has 8 nitrogen and oxygen atoms in total. The van der Waals surface area contributed by atoms with Crippen molar-refractivity contribution in [1.82, 2.24) is 13.9 Å². The first kappa shape index (κ1) is 22.3. The molecular weight excluding hydrogens is 452 g/mol. The zero-order chi connectivity index (χ0) is 23.7. The van der Waals surface area contributed by atoms with Gasteiger partial charge in [0.15, 0.2) is 0 Å². The van der Waals surface area contributed by atoms with E-state index in [0.717, 1.165) is 16.7 Å². The van der Waals surface area contributed by atoms with E-state index in [0.29, 0.717) is 43.1 Å². The molecule has 0 radical (unpaired) electrons. The molecule has 1 N–H and O–H groups in total. The maximum Gasteiger partial charge on any atom is 0.255 e. The Hall–Kier alpha value is -3.53. The van der Waals surface area contributed by atoms with E-state index < -0.39 is 10.0 Å². The second-order valence-corrected chi connectivity index (χ2v) is 10.0. The lowest BCUT2D eigenvalue weighted by Gasteiger charge is -2.26. The number of hydrogen-bond donors (Lipinski definition) is 1. The number of benzene rings is 3. The van der Waals surface area contributed by atoms with Gasteiger partial charge in [-0.1, -0.05) is 18.2 Å². The van der Waals surface area contributed by atoms with Crippen molar-refractivity contribution in [3.63, 3.8) is 0 Å². The number of anilines is 1. The van der Waals surface area contributed by atoms with Crippen LogP contribution in [0.4, 0.5) is 5.69 Å². The molecule has 0 saturated carbocycles. The number of aromatic nitrogens is 2. The van der Waals surface area contributed by atoms with Gasteiger partial charge in [0.2, 0.25) is 10.0 Å². The molecule has 0 aliphatic carbocycles. The minimum absolute atomic E-state index is 0.189. The van der Waals surface area contributed by atoms with Gasteiger partial charge < -0.3 is 10.1 Å². The summed E-state index contributed by atoms with van der Waals surface area (Å²) in [5.74, 6) is -0.319. The van der Waals surface area contributed by atoms with Crippen LogP contribution in [0.15, 0.2) is 78.0 Å². The molecule has 0 unspecified atom stereocenters. The Bertz CT molecular complexity index is 1460. The fourth-order valence-corrected chi connectivity index (χ4v) is 5.68. The van der Waals surface area contributed by atoms with Gasteiger partial charge in [-0.25, -0.2) is 13.4 Å². The number of morpholine rings is 1. The van der Waals surface area contributed by atoms with Crippen LogP contribution >= 0.6 is 0 Å². The molecule has 1 aromatic heterocycles. The molecule has 1 saturated heterocycles. The number of sulfonamides is 1. The van der Waals surface area contributed by atoms with Crippen molar-refractivity contribution in [2.45, 2.75) is 11.8 Å². The van der Waals surface area contributed by atoms with Gasteiger partial charge in [0.05, 0.1) is 29.1 Å². The van der Waals surface area contributed by atoms with E-state index in [2.05, 4.69) is 10.3 Å². The van der Waals surface area contributed by atoms with Crippen LogP contribution in [-0.4, -0.2) is 54.5 Å². The zero-order valence-electron chi connectivity index (χ0n) is 18.6. The predicted octanol–water partition coefficient (Wildman–Crippen LogP) is 3.61. The van der Waals surface area contributed by atoms with Crippen molar-refractivity contribution < 1.29 is 17.9 Å². The lowest BCUT2D eigenvalue weighted by atomic mass is 10.1. The Morgan fingerprint density at radius 3 is 2.50 bits per heavy atom. The van der Waals surface area contributed by atoms with Crippen LogP contribution in [0.3, 0.4) is 0 Å². The van der Waals surface area contributed by atoms with Crippen LogP contribution in [0.5, 0.6) is 0 Å². The lowest BCUT2D eigenvalue weighted by Crippen LogP contribution is -2.40. The van der Waals surface area contributed by atoms with E-state index in [1.54, 1.807) is 37.5 Å². The second kappa shape index (κ2) is 9.02. The first-order valence-electron chi connectivity index (χ1n) is 11.0. The van der Waals surface area contributed by atoms with Gasteiger partial charge in [-0.05, 0) is 61.0 Å². The number of carbonyl (C=O) groups is 1. The number of amides is 1. The molecule has 2 heterocycles. The molecule has 0 atom stereocenters. The number of hydrogen-bond acceptors (Lipinski definition) is 5. The van der Waals surface area contributed by atoms with E-state index in [9.17, 15) is 13.2 Å². The quantitative estimate of drug-likeness (QED) is 0.475. The molecule has 1 aliphatic heterocycles. The highest BCUT2D eigenvalue weighted by atomic mass is 32.2. The minimum atomic E-state index is -3.67. The molecular formula is C25H24N4O4S. The first-order valence-corrected chi connectivity index (χ1v) is 12.4. The summed E-state index contributed by atoms with van der Waals surface area (Å²) < 4.78 is 34.9. The van der Waals surface area contributed by atoms with Gasteiger partial charge in [0.1, 0.15) is 6.33 Å². The maximum atomic E-state index is 13.1. The molecule has 5 rings (SSSR count). The third kappa shape index (κ3) is 4.21. The van der Waals surface area contributed by atoms with E-state index in [-0.39, 0.29) is 10.8 Å². The Labute approximate surface area is 197 Å². The number of nitrogens with one attached hydrogen (secondary N) is 1. The summed E-state index contributed by atoms with van der Waals surface area (Å²) in [7, 11) is -3.67. The molecule has 34 heavy (non-hydrogen) atoms. The monoisotopic (exact) mass is 476 g/mol. The average molecular weight is 477 g/mol. The standard InChI is InChI=1S/C25H24N4O4S/c1-18-6-9-20(16-24(18)34(31,32)28-12-14-33-15-13-28)27-25(30)19-7-10-21(11-8-19)29-17-26-22-4-2-3-5-23(22)29/h2-11,16-17H,12-15H2,1H3,(H,27,30). The maximum absolute atomic E-state index is 13.1. The number of nitrogens with zero attached hydrogens (tertiary/aromatic N) is 3. The van der Waals surface area contributed by atoms with Crippen molar-refractivity contribution in [1.29, 1.82) is 0 Å². The van der Waals surface area contributed by atoms with Crippen LogP contribution in [0.2, 0.25) is 0 Å². The van der Waals surface area contributed by atoms with Crippen LogP contribution in [-0.2, 0) is 14.8 Å². The molecule has 0 bridgehead atoms. The van der Waals surface area contributed by atoms with Crippen LogP contribution in [0.1, 0.15) is 15.9 Å². The smallest absolute Gasteiger partial charge is 0.255 e. The molecule has 1 amide bonds. The van der Waals surface area contributed by atoms with Gasteiger partial charge in [0, 0.05) is 30.0 Å². The normalized spacial score (nSPS) is 14.9. The molecule has 9 heteroatoms. The number of aryl methyl sites for hydroxylation is 1. The summed E-state index contributed by atoms with van der Waals surface area (Å²) in [5.41, 5.74) is 4.28. The van der Waals surface area contributed by atoms with E-state index in [1.807, 2.05) is 41.0 Å². The molecule has 3 aromatic carbocycles. The SMILES string of the molecule is Cc1ccc(NC(=O)c2ccc(-n3cnc4ccccc43)cc2)cc1S(=O)(=O)N1CCOCC1. The third-order valence-corrected chi connectivity index (χ3v) is 7.94. The van der Waals surface area contributed by atoms with Gasteiger partial charge in [-0.2, -0.15) is 4.31 Å². The van der Waals surface area contributed by atoms with Crippen LogP contribution in [0, 0.1) is 6.92 Å². The van der Waals surface area contributed by atoms with Gasteiger partial charge in [0.25, 0.3) is 5.91 Å². The highest BCUT2D eigenvalue weighted by molar-refractivity contribution is 7.89. The van der Waals surface area contributed by atoms with Gasteiger partial charge in [-0.15, -0.1) is 0 Å². The summed E-state index contributed by atoms with van der Waals surface area (Å²) in [6.45, 7) is 3.13. The largest absolute Gasteiger partial charge is 0.379 e. The van der Waals surface area contributed by atoms with E-state index in [4.69, 9.17) is 4.74 Å². The Balaban J connectivity index is 1.36. The molecule has 4 aromatic rings. The third-order valence-electron chi connectivity index (χ3n) is 5.90. The topological polar surface area (TPSA) is 93.5 Å². The van der Waals surface area contributed by atoms with Crippen molar-refractivity contribution >= 4 is 32.7 Å². The van der Waals surface area contributed by atoms with Crippen molar-refractivity contribution in [3.8, 4) is 5.69 Å². The lowest BCUT2D eigenvalue weighted by molar-refractivity contribution is 0.0730. The fourth-order valence-electron chi connectivity index (χ4n) is 4.02. The highest BCUT2D eigenvalue weighted by Crippen LogP contribution is 2.25. The number of carbonyl (C=O) groups excluding carboxylic acids is 1. The summed E-state index contributed by atoms with van der Waals surface area (Å²) in [6.07, 6.45) is 1.75. The Kier molecular flexibility index (Phi) is 5.91.